The minimum atomic E-state index is -1.26. The second kappa shape index (κ2) is 3.12. The molecule has 72 valence electrons. The molecule has 0 saturated carbocycles. The van der Waals surface area contributed by atoms with Gasteiger partial charge in [0.2, 0.25) is 0 Å². The lowest BCUT2D eigenvalue weighted by Crippen LogP contribution is -2.40. The summed E-state index contributed by atoms with van der Waals surface area (Å²) in [6, 6.07) is 1.84. The third-order valence-corrected chi connectivity index (χ3v) is 3.51. The molecule has 0 aliphatic heterocycles. The first-order valence-electron chi connectivity index (χ1n) is 3.95. The van der Waals surface area contributed by atoms with Crippen LogP contribution in [0, 0.1) is 13.8 Å². The molecule has 0 aliphatic carbocycles. The Balaban J connectivity index is 3.15. The Morgan fingerprint density at radius 3 is 2.46 bits per heavy atom. The first kappa shape index (κ1) is 10.2. The molecule has 3 nitrogen and oxygen atoms in total. The Hall–Kier alpha value is -0.870. The predicted molar refractivity (Wildman–Crippen MR) is 53.0 cm³/mol. The zero-order valence-corrected chi connectivity index (χ0v) is 8.73. The second-order valence-electron chi connectivity index (χ2n) is 3.36. The smallest absolute Gasteiger partial charge is 0.328 e. The van der Waals surface area contributed by atoms with E-state index in [1.165, 1.54) is 18.3 Å². The molecule has 1 heterocycles. The molecule has 0 bridgehead atoms. The van der Waals surface area contributed by atoms with Gasteiger partial charge in [-0.15, -0.1) is 11.3 Å². The molecule has 1 atom stereocenters. The second-order valence-corrected chi connectivity index (χ2v) is 4.61. The van der Waals surface area contributed by atoms with E-state index in [0.717, 1.165) is 10.4 Å². The number of hydrogen-bond donors (Lipinski definition) is 2. The standard InChI is InChI=1S/C9H13NO2S/c1-5-4-7(13-6(5)2)9(3,10)8(11)12/h4H,10H2,1-3H3,(H,11,12). The number of aryl methyl sites for hydroxylation is 2. The molecule has 0 radical (unpaired) electrons. The first-order valence-corrected chi connectivity index (χ1v) is 4.77. The van der Waals surface area contributed by atoms with E-state index in [9.17, 15) is 4.79 Å². The third-order valence-electron chi connectivity index (χ3n) is 2.12. The molecule has 1 aromatic rings. The average Bonchev–Trinajstić information content (AvgIpc) is 2.32. The highest BCUT2D eigenvalue weighted by atomic mass is 32.1. The van der Waals surface area contributed by atoms with Crippen molar-refractivity contribution in [2.75, 3.05) is 0 Å². The predicted octanol–water partition coefficient (Wildman–Crippen LogP) is 1.62. The lowest BCUT2D eigenvalue weighted by Gasteiger charge is -2.16. The van der Waals surface area contributed by atoms with Crippen molar-refractivity contribution >= 4 is 17.3 Å². The third kappa shape index (κ3) is 1.73. The van der Waals surface area contributed by atoms with Gasteiger partial charge in [0, 0.05) is 9.75 Å². The molecule has 1 unspecified atom stereocenters. The van der Waals surface area contributed by atoms with Gasteiger partial charge < -0.3 is 10.8 Å². The summed E-state index contributed by atoms with van der Waals surface area (Å²) in [6.45, 7) is 5.43. The van der Waals surface area contributed by atoms with Crippen LogP contribution < -0.4 is 5.73 Å². The maximum Gasteiger partial charge on any atom is 0.328 e. The van der Waals surface area contributed by atoms with Gasteiger partial charge >= 0.3 is 5.97 Å². The topological polar surface area (TPSA) is 63.3 Å². The van der Waals surface area contributed by atoms with Crippen LogP contribution in [0.2, 0.25) is 0 Å². The van der Waals surface area contributed by atoms with E-state index in [1.54, 1.807) is 0 Å². The fourth-order valence-corrected chi connectivity index (χ4v) is 2.02. The van der Waals surface area contributed by atoms with Crippen molar-refractivity contribution in [1.82, 2.24) is 0 Å². The fraction of sp³-hybridized carbons (Fsp3) is 0.444. The van der Waals surface area contributed by atoms with Crippen molar-refractivity contribution in [2.45, 2.75) is 26.3 Å². The van der Waals surface area contributed by atoms with Crippen molar-refractivity contribution in [1.29, 1.82) is 0 Å². The minimum absolute atomic E-state index is 0.704. The number of hydrogen-bond acceptors (Lipinski definition) is 3. The largest absolute Gasteiger partial charge is 0.480 e. The van der Waals surface area contributed by atoms with Crippen LogP contribution in [0.4, 0.5) is 0 Å². The van der Waals surface area contributed by atoms with Gasteiger partial charge in [0.15, 0.2) is 0 Å². The molecule has 0 fully saturated rings. The first-order chi connectivity index (χ1) is 5.85. The molecule has 0 amide bonds. The van der Waals surface area contributed by atoms with Crippen LogP contribution in [-0.2, 0) is 10.3 Å². The maximum atomic E-state index is 10.8. The molecule has 4 heteroatoms. The van der Waals surface area contributed by atoms with E-state index in [4.69, 9.17) is 10.8 Å². The number of carbonyl (C=O) groups is 1. The summed E-state index contributed by atoms with van der Waals surface area (Å²) in [5.41, 5.74) is 5.51. The number of aliphatic carboxylic acids is 1. The van der Waals surface area contributed by atoms with E-state index < -0.39 is 11.5 Å². The van der Waals surface area contributed by atoms with Crippen LogP contribution in [-0.4, -0.2) is 11.1 Å². The summed E-state index contributed by atoms with van der Waals surface area (Å²) in [5.74, 6) is -0.992. The molecule has 0 aliphatic rings. The highest BCUT2D eigenvalue weighted by Crippen LogP contribution is 2.28. The Kier molecular flexibility index (Phi) is 2.45. The molecule has 3 N–H and O–H groups in total. The van der Waals surface area contributed by atoms with Crippen molar-refractivity contribution < 1.29 is 9.90 Å². The van der Waals surface area contributed by atoms with Gasteiger partial charge in [0.1, 0.15) is 5.54 Å². The molecule has 1 rings (SSSR count). The van der Waals surface area contributed by atoms with Crippen LogP contribution in [0.5, 0.6) is 0 Å². The number of carboxylic acids is 1. The summed E-state index contributed by atoms with van der Waals surface area (Å²) in [5, 5.41) is 8.88. The summed E-state index contributed by atoms with van der Waals surface area (Å²) in [7, 11) is 0. The van der Waals surface area contributed by atoms with Crippen LogP contribution >= 0.6 is 11.3 Å². The number of thiophene rings is 1. The van der Waals surface area contributed by atoms with Crippen LogP contribution in [0.1, 0.15) is 22.2 Å². The van der Waals surface area contributed by atoms with Crippen molar-refractivity contribution in [3.63, 3.8) is 0 Å². The van der Waals surface area contributed by atoms with Gasteiger partial charge in [-0.25, -0.2) is 4.79 Å². The highest BCUT2D eigenvalue weighted by molar-refractivity contribution is 7.12. The number of nitrogens with two attached hydrogens (primary N) is 1. The summed E-state index contributed by atoms with van der Waals surface area (Å²) < 4.78 is 0. The van der Waals surface area contributed by atoms with Crippen LogP contribution in [0.3, 0.4) is 0 Å². The molecular formula is C9H13NO2S. The van der Waals surface area contributed by atoms with Gasteiger partial charge in [0.05, 0.1) is 0 Å². The van der Waals surface area contributed by atoms with Crippen LogP contribution in [0.25, 0.3) is 0 Å². The zero-order valence-electron chi connectivity index (χ0n) is 7.92. The molecule has 0 aromatic carbocycles. The van der Waals surface area contributed by atoms with Gasteiger partial charge in [-0.05, 0) is 32.4 Å². The molecule has 0 spiro atoms. The van der Waals surface area contributed by atoms with E-state index in [1.807, 2.05) is 19.9 Å². The number of carboxylic acid groups (broad SMARTS) is 1. The Morgan fingerprint density at radius 1 is 1.62 bits per heavy atom. The van der Waals surface area contributed by atoms with E-state index >= 15 is 0 Å². The summed E-state index contributed by atoms with van der Waals surface area (Å²) >= 11 is 1.44. The molecule has 0 saturated heterocycles. The fourth-order valence-electron chi connectivity index (χ4n) is 0.934. The van der Waals surface area contributed by atoms with Crippen LogP contribution in [0.15, 0.2) is 6.07 Å². The Bertz CT molecular complexity index is 322. The van der Waals surface area contributed by atoms with E-state index in [0.29, 0.717) is 4.88 Å². The monoisotopic (exact) mass is 199 g/mol. The van der Waals surface area contributed by atoms with Gasteiger partial charge in [-0.2, -0.15) is 0 Å². The SMILES string of the molecule is Cc1cc(C(C)(N)C(=O)O)sc1C. The average molecular weight is 199 g/mol. The Morgan fingerprint density at radius 2 is 2.15 bits per heavy atom. The molecule has 13 heavy (non-hydrogen) atoms. The lowest BCUT2D eigenvalue weighted by atomic mass is 10.0. The Labute approximate surface area is 81.2 Å². The van der Waals surface area contributed by atoms with E-state index in [2.05, 4.69) is 0 Å². The molecule has 1 aromatic heterocycles. The lowest BCUT2D eigenvalue weighted by molar-refractivity contribution is -0.142. The molecular weight excluding hydrogens is 186 g/mol. The highest BCUT2D eigenvalue weighted by Gasteiger charge is 2.32. The zero-order chi connectivity index (χ0) is 10.2. The van der Waals surface area contributed by atoms with Crippen molar-refractivity contribution in [2.24, 2.45) is 5.73 Å². The van der Waals surface area contributed by atoms with Gasteiger partial charge in [-0.1, -0.05) is 0 Å². The quantitative estimate of drug-likeness (QED) is 0.760. The number of rotatable bonds is 2. The maximum absolute atomic E-state index is 10.8. The van der Waals surface area contributed by atoms with Gasteiger partial charge in [-0.3, -0.25) is 0 Å². The van der Waals surface area contributed by atoms with E-state index in [-0.39, 0.29) is 0 Å². The van der Waals surface area contributed by atoms with Crippen molar-refractivity contribution in [3.8, 4) is 0 Å². The summed E-state index contributed by atoms with van der Waals surface area (Å²) in [6.07, 6.45) is 0. The van der Waals surface area contributed by atoms with Crippen molar-refractivity contribution in [3.05, 3.63) is 21.4 Å². The normalized spacial score (nSPS) is 15.4. The minimum Gasteiger partial charge on any atom is -0.480 e. The van der Waals surface area contributed by atoms with Gasteiger partial charge in [0.25, 0.3) is 0 Å². The summed E-state index contributed by atoms with van der Waals surface area (Å²) in [4.78, 5) is 12.6.